The minimum atomic E-state index is -0.514. The molecule has 1 rings (SSSR count). The van der Waals surface area contributed by atoms with Gasteiger partial charge in [-0.15, -0.1) is 0 Å². The van der Waals surface area contributed by atoms with E-state index in [9.17, 15) is 0 Å². The van der Waals surface area contributed by atoms with Crippen LogP contribution in [0, 0.1) is 0 Å². The maximum Gasteiger partial charge on any atom is 0.0811 e. The topological polar surface area (TPSA) is 52.5 Å². The maximum atomic E-state index is 9.07. The van der Waals surface area contributed by atoms with E-state index in [0.29, 0.717) is 12.8 Å². The SMILES string of the molecule is O[C@@H]1CCNCC[C@@H]1O. The van der Waals surface area contributed by atoms with E-state index < -0.39 is 12.2 Å². The summed E-state index contributed by atoms with van der Waals surface area (Å²) in [6.07, 6.45) is 0.308. The molecular formula is C6H13NO2. The standard InChI is InChI=1S/C6H13NO2/c8-5-1-3-7-4-2-6(5)9/h5-9H,1-4H2/t5-,6+. The van der Waals surface area contributed by atoms with Gasteiger partial charge in [-0.25, -0.2) is 0 Å². The molecule has 1 heterocycles. The Hall–Kier alpha value is -0.120. The first-order valence-electron chi connectivity index (χ1n) is 3.37. The molecule has 3 N–H and O–H groups in total. The van der Waals surface area contributed by atoms with Gasteiger partial charge in [-0.05, 0) is 25.9 Å². The van der Waals surface area contributed by atoms with Crippen molar-refractivity contribution in [3.8, 4) is 0 Å². The average Bonchev–Trinajstić information content (AvgIpc) is 1.99. The molecule has 1 aliphatic heterocycles. The molecular weight excluding hydrogens is 118 g/mol. The first-order valence-corrected chi connectivity index (χ1v) is 3.37. The van der Waals surface area contributed by atoms with E-state index in [1.165, 1.54) is 0 Å². The van der Waals surface area contributed by atoms with E-state index in [2.05, 4.69) is 5.32 Å². The fraction of sp³-hybridized carbons (Fsp3) is 1.00. The molecule has 2 atom stereocenters. The Balaban J connectivity index is 2.32. The predicted octanol–water partition coefficient (Wildman–Crippen LogP) is -0.908. The molecule has 0 radical (unpaired) electrons. The zero-order chi connectivity index (χ0) is 6.69. The molecule has 0 unspecified atom stereocenters. The Morgan fingerprint density at radius 1 is 1.00 bits per heavy atom. The van der Waals surface area contributed by atoms with Crippen molar-refractivity contribution in [3.63, 3.8) is 0 Å². The first-order chi connectivity index (χ1) is 4.30. The van der Waals surface area contributed by atoms with Crippen LogP contribution in [0.15, 0.2) is 0 Å². The Morgan fingerprint density at radius 3 is 1.89 bits per heavy atom. The van der Waals surface area contributed by atoms with Crippen LogP contribution in [0.3, 0.4) is 0 Å². The van der Waals surface area contributed by atoms with Crippen LogP contribution in [0.1, 0.15) is 12.8 Å². The number of aliphatic hydroxyl groups excluding tert-OH is 2. The van der Waals surface area contributed by atoms with Gasteiger partial charge in [0.1, 0.15) is 0 Å². The van der Waals surface area contributed by atoms with Crippen molar-refractivity contribution in [1.82, 2.24) is 5.32 Å². The molecule has 0 aromatic rings. The van der Waals surface area contributed by atoms with Gasteiger partial charge in [-0.1, -0.05) is 0 Å². The average molecular weight is 131 g/mol. The lowest BCUT2D eigenvalue weighted by atomic mass is 10.1. The molecule has 3 heteroatoms. The van der Waals surface area contributed by atoms with E-state index in [0.717, 1.165) is 13.1 Å². The van der Waals surface area contributed by atoms with Gasteiger partial charge >= 0.3 is 0 Å². The normalized spacial score (nSPS) is 38.0. The third-order valence-corrected chi connectivity index (χ3v) is 1.68. The molecule has 0 amide bonds. The highest BCUT2D eigenvalue weighted by Gasteiger charge is 2.17. The number of aliphatic hydroxyl groups is 2. The Kier molecular flexibility index (Phi) is 2.45. The molecule has 0 saturated carbocycles. The lowest BCUT2D eigenvalue weighted by molar-refractivity contribution is 0.0187. The highest BCUT2D eigenvalue weighted by molar-refractivity contribution is 4.72. The van der Waals surface area contributed by atoms with Crippen LogP contribution in [0.2, 0.25) is 0 Å². The minimum absolute atomic E-state index is 0.514. The Labute approximate surface area is 54.7 Å². The molecule has 3 nitrogen and oxygen atoms in total. The van der Waals surface area contributed by atoms with Gasteiger partial charge in [0, 0.05) is 0 Å². The summed E-state index contributed by atoms with van der Waals surface area (Å²) in [5, 5.41) is 21.2. The van der Waals surface area contributed by atoms with Crippen LogP contribution < -0.4 is 5.32 Å². The summed E-state index contributed by atoms with van der Waals surface area (Å²) in [4.78, 5) is 0. The second kappa shape index (κ2) is 3.15. The van der Waals surface area contributed by atoms with Crippen LogP contribution in [0.5, 0.6) is 0 Å². The molecule has 0 aromatic heterocycles. The van der Waals surface area contributed by atoms with E-state index in [1.54, 1.807) is 0 Å². The van der Waals surface area contributed by atoms with E-state index in [4.69, 9.17) is 10.2 Å². The van der Waals surface area contributed by atoms with E-state index >= 15 is 0 Å². The molecule has 0 spiro atoms. The van der Waals surface area contributed by atoms with Crippen molar-refractivity contribution in [3.05, 3.63) is 0 Å². The fourth-order valence-electron chi connectivity index (χ4n) is 1.01. The van der Waals surface area contributed by atoms with Gasteiger partial charge in [0.2, 0.25) is 0 Å². The summed E-state index contributed by atoms with van der Waals surface area (Å²) in [6.45, 7) is 1.64. The van der Waals surface area contributed by atoms with Crippen molar-refractivity contribution in [2.75, 3.05) is 13.1 Å². The van der Waals surface area contributed by atoms with Crippen molar-refractivity contribution in [1.29, 1.82) is 0 Å². The van der Waals surface area contributed by atoms with Gasteiger partial charge in [0.05, 0.1) is 12.2 Å². The summed E-state index contributed by atoms with van der Waals surface area (Å²) in [5.41, 5.74) is 0. The van der Waals surface area contributed by atoms with E-state index in [1.807, 2.05) is 0 Å². The smallest absolute Gasteiger partial charge is 0.0811 e. The van der Waals surface area contributed by atoms with Gasteiger partial charge in [-0.3, -0.25) is 0 Å². The van der Waals surface area contributed by atoms with Gasteiger partial charge in [0.25, 0.3) is 0 Å². The highest BCUT2D eigenvalue weighted by atomic mass is 16.3. The van der Waals surface area contributed by atoms with Crippen LogP contribution in [0.4, 0.5) is 0 Å². The monoisotopic (exact) mass is 131 g/mol. The third-order valence-electron chi connectivity index (χ3n) is 1.68. The predicted molar refractivity (Wildman–Crippen MR) is 34.1 cm³/mol. The lowest BCUT2D eigenvalue weighted by Crippen LogP contribution is -2.24. The van der Waals surface area contributed by atoms with Crippen LogP contribution in [-0.4, -0.2) is 35.5 Å². The summed E-state index contributed by atoms with van der Waals surface area (Å²) in [7, 11) is 0. The zero-order valence-electron chi connectivity index (χ0n) is 5.38. The largest absolute Gasteiger partial charge is 0.390 e. The molecule has 1 saturated heterocycles. The second-order valence-electron chi connectivity index (χ2n) is 2.46. The van der Waals surface area contributed by atoms with Crippen molar-refractivity contribution in [2.45, 2.75) is 25.0 Å². The number of hydrogen-bond donors (Lipinski definition) is 3. The van der Waals surface area contributed by atoms with E-state index in [-0.39, 0.29) is 0 Å². The summed E-state index contributed by atoms with van der Waals surface area (Å²) in [6, 6.07) is 0. The number of hydrogen-bond acceptors (Lipinski definition) is 3. The summed E-state index contributed by atoms with van der Waals surface area (Å²) < 4.78 is 0. The van der Waals surface area contributed by atoms with Crippen molar-refractivity contribution >= 4 is 0 Å². The second-order valence-corrected chi connectivity index (χ2v) is 2.46. The quantitative estimate of drug-likeness (QED) is 0.399. The van der Waals surface area contributed by atoms with Crippen LogP contribution in [-0.2, 0) is 0 Å². The Morgan fingerprint density at radius 2 is 1.44 bits per heavy atom. The van der Waals surface area contributed by atoms with Crippen molar-refractivity contribution in [2.24, 2.45) is 0 Å². The molecule has 0 bridgehead atoms. The molecule has 0 aromatic carbocycles. The first kappa shape index (κ1) is 6.99. The number of rotatable bonds is 0. The lowest BCUT2D eigenvalue weighted by Gasteiger charge is -2.11. The van der Waals surface area contributed by atoms with Crippen molar-refractivity contribution < 1.29 is 10.2 Å². The molecule has 9 heavy (non-hydrogen) atoms. The summed E-state index contributed by atoms with van der Waals surface area (Å²) >= 11 is 0. The Bertz CT molecular complexity index is 77.1. The van der Waals surface area contributed by atoms with Gasteiger partial charge < -0.3 is 15.5 Å². The van der Waals surface area contributed by atoms with Crippen LogP contribution >= 0.6 is 0 Å². The molecule has 54 valence electrons. The molecule has 1 fully saturated rings. The zero-order valence-corrected chi connectivity index (χ0v) is 5.38. The molecule has 0 aliphatic carbocycles. The van der Waals surface area contributed by atoms with Gasteiger partial charge in [0.15, 0.2) is 0 Å². The maximum absolute atomic E-state index is 9.07. The van der Waals surface area contributed by atoms with Crippen LogP contribution in [0.25, 0.3) is 0 Å². The number of nitrogens with one attached hydrogen (secondary N) is 1. The molecule has 1 aliphatic rings. The minimum Gasteiger partial charge on any atom is -0.390 e. The summed E-state index contributed by atoms with van der Waals surface area (Å²) in [5.74, 6) is 0. The highest BCUT2D eigenvalue weighted by Crippen LogP contribution is 2.04. The van der Waals surface area contributed by atoms with Gasteiger partial charge in [-0.2, -0.15) is 0 Å². The third kappa shape index (κ3) is 1.93. The fourth-order valence-corrected chi connectivity index (χ4v) is 1.01.